The van der Waals surface area contributed by atoms with E-state index >= 15 is 0 Å². The number of benzene rings is 2. The van der Waals surface area contributed by atoms with Crippen LogP contribution in [-0.2, 0) is 20.9 Å². The second kappa shape index (κ2) is 8.56. The molecule has 0 aliphatic carbocycles. The van der Waals surface area contributed by atoms with Gasteiger partial charge in [-0.25, -0.2) is 0 Å². The van der Waals surface area contributed by atoms with Crippen molar-refractivity contribution in [2.75, 3.05) is 23.9 Å². The van der Waals surface area contributed by atoms with Crippen molar-refractivity contribution in [1.82, 2.24) is 5.32 Å². The van der Waals surface area contributed by atoms with Gasteiger partial charge in [-0.3, -0.25) is 14.4 Å². The molecular formula is C21H23N3O4. The number of ether oxygens (including phenoxy) is 1. The number of methoxy groups -OCH3 is 1. The van der Waals surface area contributed by atoms with E-state index in [1.165, 1.54) is 0 Å². The van der Waals surface area contributed by atoms with E-state index in [1.54, 1.807) is 30.2 Å². The Labute approximate surface area is 163 Å². The maximum absolute atomic E-state index is 12.2. The normalized spacial score (nSPS) is 13.4. The van der Waals surface area contributed by atoms with Crippen LogP contribution in [0.1, 0.15) is 24.0 Å². The van der Waals surface area contributed by atoms with Crippen LogP contribution in [0.5, 0.6) is 5.75 Å². The van der Waals surface area contributed by atoms with Gasteiger partial charge in [-0.15, -0.1) is 0 Å². The molecule has 0 spiro atoms. The minimum absolute atomic E-state index is 0.0705. The molecule has 7 nitrogen and oxygen atoms in total. The fourth-order valence-corrected chi connectivity index (χ4v) is 3.17. The molecule has 0 bridgehead atoms. The maximum atomic E-state index is 12.2. The summed E-state index contributed by atoms with van der Waals surface area (Å²) in [5.41, 5.74) is 2.94. The number of hydrogen-bond acceptors (Lipinski definition) is 4. The Morgan fingerprint density at radius 1 is 1.14 bits per heavy atom. The summed E-state index contributed by atoms with van der Waals surface area (Å²) in [6.45, 7) is 2.75. The predicted octanol–water partition coefficient (Wildman–Crippen LogP) is 2.39. The molecule has 1 aliphatic heterocycles. The van der Waals surface area contributed by atoms with E-state index in [9.17, 15) is 14.4 Å². The summed E-state index contributed by atoms with van der Waals surface area (Å²) in [6.07, 6.45) is 1.35. The van der Waals surface area contributed by atoms with Crippen LogP contribution in [0.3, 0.4) is 0 Å². The first-order valence-electron chi connectivity index (χ1n) is 9.11. The van der Waals surface area contributed by atoms with E-state index < -0.39 is 11.8 Å². The zero-order valence-electron chi connectivity index (χ0n) is 16.0. The van der Waals surface area contributed by atoms with Crippen molar-refractivity contribution in [2.24, 2.45) is 0 Å². The first kappa shape index (κ1) is 19.4. The van der Waals surface area contributed by atoms with E-state index in [0.717, 1.165) is 23.2 Å². The fraction of sp³-hybridized carbons (Fsp3) is 0.286. The molecule has 3 rings (SSSR count). The van der Waals surface area contributed by atoms with E-state index in [2.05, 4.69) is 10.6 Å². The molecule has 1 saturated heterocycles. The Hall–Kier alpha value is -3.35. The molecule has 1 fully saturated rings. The van der Waals surface area contributed by atoms with Crippen molar-refractivity contribution in [3.05, 3.63) is 53.6 Å². The highest BCUT2D eigenvalue weighted by Gasteiger charge is 2.23. The molecule has 7 heteroatoms. The molecule has 2 N–H and O–H groups in total. The summed E-state index contributed by atoms with van der Waals surface area (Å²) in [5.74, 6) is -0.800. The molecule has 146 valence electrons. The number of carbonyl (C=O) groups excluding carboxylic acids is 3. The zero-order valence-corrected chi connectivity index (χ0v) is 16.0. The number of aryl methyl sites for hydroxylation is 1. The molecular weight excluding hydrogens is 358 g/mol. The van der Waals surface area contributed by atoms with Crippen molar-refractivity contribution >= 4 is 29.1 Å². The van der Waals surface area contributed by atoms with Crippen LogP contribution in [0.25, 0.3) is 0 Å². The molecule has 2 aromatic carbocycles. The van der Waals surface area contributed by atoms with Crippen molar-refractivity contribution in [1.29, 1.82) is 0 Å². The summed E-state index contributed by atoms with van der Waals surface area (Å²) in [4.78, 5) is 38.1. The quantitative estimate of drug-likeness (QED) is 0.779. The lowest BCUT2D eigenvalue weighted by Crippen LogP contribution is -2.35. The van der Waals surface area contributed by atoms with Crippen LogP contribution in [0.15, 0.2) is 42.5 Å². The Balaban J connectivity index is 1.64. The summed E-state index contributed by atoms with van der Waals surface area (Å²) in [7, 11) is 1.55. The summed E-state index contributed by atoms with van der Waals surface area (Å²) < 4.78 is 5.23. The predicted molar refractivity (Wildman–Crippen MR) is 106 cm³/mol. The van der Waals surface area contributed by atoms with Gasteiger partial charge in [0.15, 0.2) is 0 Å². The van der Waals surface area contributed by atoms with Gasteiger partial charge in [0.25, 0.3) is 0 Å². The maximum Gasteiger partial charge on any atom is 0.313 e. The standard InChI is InChI=1S/C21H23N3O4/c1-14-9-10-16(12-17(14)24-11-5-8-19(24)25)23-21(27)20(26)22-13-15-6-3-4-7-18(15)28-2/h3-4,6-7,9-10,12H,5,8,11,13H2,1-2H3,(H,22,26)(H,23,27). The van der Waals surface area contributed by atoms with Crippen molar-refractivity contribution in [3.63, 3.8) is 0 Å². The molecule has 28 heavy (non-hydrogen) atoms. The van der Waals surface area contributed by atoms with Crippen LogP contribution in [-0.4, -0.2) is 31.4 Å². The SMILES string of the molecule is COc1ccccc1CNC(=O)C(=O)Nc1ccc(C)c(N2CCCC2=O)c1. The van der Waals surface area contributed by atoms with Gasteiger partial charge in [0.1, 0.15) is 5.75 Å². The molecule has 2 aromatic rings. The average Bonchev–Trinajstić information content (AvgIpc) is 3.13. The fourth-order valence-electron chi connectivity index (χ4n) is 3.17. The number of nitrogens with one attached hydrogen (secondary N) is 2. The number of anilines is 2. The van der Waals surface area contributed by atoms with E-state index in [0.29, 0.717) is 24.4 Å². The molecule has 1 aliphatic rings. The molecule has 0 saturated carbocycles. The summed E-state index contributed by atoms with van der Waals surface area (Å²) in [5, 5.41) is 5.18. The molecule has 0 atom stereocenters. The number of carbonyl (C=O) groups is 3. The minimum atomic E-state index is -0.766. The van der Waals surface area contributed by atoms with E-state index in [1.807, 2.05) is 31.2 Å². The Bertz CT molecular complexity index is 910. The van der Waals surface area contributed by atoms with Gasteiger partial charge in [-0.1, -0.05) is 24.3 Å². The largest absolute Gasteiger partial charge is 0.496 e. The Morgan fingerprint density at radius 2 is 1.93 bits per heavy atom. The van der Waals surface area contributed by atoms with Gasteiger partial charge in [0.2, 0.25) is 5.91 Å². The molecule has 0 aromatic heterocycles. The van der Waals surface area contributed by atoms with Gasteiger partial charge in [-0.2, -0.15) is 0 Å². The van der Waals surface area contributed by atoms with Gasteiger partial charge in [-0.05, 0) is 37.1 Å². The van der Waals surface area contributed by atoms with Crippen molar-refractivity contribution in [3.8, 4) is 5.75 Å². The third kappa shape index (κ3) is 4.31. The van der Waals surface area contributed by atoms with Crippen molar-refractivity contribution < 1.29 is 19.1 Å². The van der Waals surface area contributed by atoms with Gasteiger partial charge >= 0.3 is 11.8 Å². The highest BCUT2D eigenvalue weighted by Crippen LogP contribution is 2.28. The van der Waals surface area contributed by atoms with E-state index in [4.69, 9.17) is 4.74 Å². The first-order valence-corrected chi connectivity index (χ1v) is 9.11. The number of nitrogens with zero attached hydrogens (tertiary/aromatic N) is 1. The molecule has 0 unspecified atom stereocenters. The lowest BCUT2D eigenvalue weighted by atomic mass is 10.1. The third-order valence-corrected chi connectivity index (χ3v) is 4.67. The smallest absolute Gasteiger partial charge is 0.313 e. The lowest BCUT2D eigenvalue weighted by molar-refractivity contribution is -0.136. The molecule has 0 radical (unpaired) electrons. The van der Waals surface area contributed by atoms with E-state index in [-0.39, 0.29) is 12.5 Å². The Kier molecular flexibility index (Phi) is 5.93. The van der Waals surface area contributed by atoms with Crippen LogP contribution in [0, 0.1) is 6.92 Å². The first-order chi connectivity index (χ1) is 13.5. The van der Waals surface area contributed by atoms with Crippen LogP contribution >= 0.6 is 0 Å². The lowest BCUT2D eigenvalue weighted by Gasteiger charge is -2.19. The summed E-state index contributed by atoms with van der Waals surface area (Å²) >= 11 is 0. The monoisotopic (exact) mass is 381 g/mol. The van der Waals surface area contributed by atoms with Crippen LogP contribution in [0.4, 0.5) is 11.4 Å². The highest BCUT2D eigenvalue weighted by atomic mass is 16.5. The summed E-state index contributed by atoms with van der Waals surface area (Å²) in [6, 6.07) is 12.5. The van der Waals surface area contributed by atoms with Gasteiger partial charge < -0.3 is 20.3 Å². The highest BCUT2D eigenvalue weighted by molar-refractivity contribution is 6.39. The zero-order chi connectivity index (χ0) is 20.1. The second-order valence-electron chi connectivity index (χ2n) is 6.60. The van der Waals surface area contributed by atoms with Crippen LogP contribution < -0.4 is 20.3 Å². The Morgan fingerprint density at radius 3 is 2.64 bits per heavy atom. The average molecular weight is 381 g/mol. The number of amides is 3. The third-order valence-electron chi connectivity index (χ3n) is 4.67. The number of hydrogen-bond donors (Lipinski definition) is 2. The number of rotatable bonds is 5. The minimum Gasteiger partial charge on any atom is -0.496 e. The van der Waals surface area contributed by atoms with Gasteiger partial charge in [0, 0.05) is 36.4 Å². The van der Waals surface area contributed by atoms with Crippen LogP contribution in [0.2, 0.25) is 0 Å². The van der Waals surface area contributed by atoms with Gasteiger partial charge in [0.05, 0.1) is 7.11 Å². The topological polar surface area (TPSA) is 87.7 Å². The second-order valence-corrected chi connectivity index (χ2v) is 6.60. The van der Waals surface area contributed by atoms with Crippen molar-refractivity contribution in [2.45, 2.75) is 26.3 Å². The number of para-hydroxylation sites is 1. The molecule has 3 amide bonds. The molecule has 1 heterocycles.